The quantitative estimate of drug-likeness (QED) is 0.567. The second-order valence-corrected chi connectivity index (χ2v) is 8.97. The highest BCUT2D eigenvalue weighted by Gasteiger charge is 2.50. The third-order valence-electron chi connectivity index (χ3n) is 7.12. The number of hydrogen-bond acceptors (Lipinski definition) is 6. The predicted molar refractivity (Wildman–Crippen MR) is 117 cm³/mol. The lowest BCUT2D eigenvalue weighted by Crippen LogP contribution is -2.60. The van der Waals surface area contributed by atoms with E-state index in [9.17, 15) is 19.4 Å². The molecule has 3 aliphatic rings. The first-order valence-electron chi connectivity index (χ1n) is 10.9. The molecule has 164 valence electrons. The third-order valence-corrected chi connectivity index (χ3v) is 7.12. The number of likely N-dealkylation sites (tertiary alicyclic amines) is 1. The first-order valence-corrected chi connectivity index (χ1v) is 10.9. The maximum absolute atomic E-state index is 13.1. The van der Waals surface area contributed by atoms with Gasteiger partial charge in [0.05, 0.1) is 17.9 Å². The number of para-hydroxylation sites is 1. The molecule has 3 heterocycles. The molecule has 3 aliphatic heterocycles. The maximum Gasteiger partial charge on any atom is 0.265 e. The number of carbonyl (C=O) groups excluding carboxylic acids is 1. The van der Waals surface area contributed by atoms with E-state index in [0.717, 1.165) is 43.9 Å². The lowest BCUT2D eigenvalue weighted by Gasteiger charge is -2.46. The highest BCUT2D eigenvalue weighted by Crippen LogP contribution is 2.52. The van der Waals surface area contributed by atoms with E-state index in [0.29, 0.717) is 17.9 Å². The first-order chi connectivity index (χ1) is 14.8. The van der Waals surface area contributed by atoms with Crippen LogP contribution in [0.25, 0.3) is 0 Å². The van der Waals surface area contributed by atoms with E-state index < -0.39 is 5.91 Å². The van der Waals surface area contributed by atoms with E-state index in [-0.39, 0.29) is 24.2 Å². The van der Waals surface area contributed by atoms with Gasteiger partial charge in [0.2, 0.25) is 0 Å². The number of halogens is 1. The van der Waals surface area contributed by atoms with E-state index in [2.05, 4.69) is 15.9 Å². The van der Waals surface area contributed by atoms with Gasteiger partial charge in [-0.15, -0.1) is 0 Å². The van der Waals surface area contributed by atoms with Gasteiger partial charge in [0, 0.05) is 44.1 Å². The van der Waals surface area contributed by atoms with Crippen molar-refractivity contribution < 1.29 is 19.4 Å². The van der Waals surface area contributed by atoms with Crippen molar-refractivity contribution in [2.24, 2.45) is 0 Å². The Morgan fingerprint density at radius 3 is 2.74 bits per heavy atom. The Labute approximate surface area is 181 Å². The van der Waals surface area contributed by atoms with Crippen LogP contribution < -0.4 is 9.80 Å². The van der Waals surface area contributed by atoms with E-state index in [1.54, 1.807) is 24.1 Å². The molecule has 0 bridgehead atoms. The molecule has 1 unspecified atom stereocenters. The second-order valence-electron chi connectivity index (χ2n) is 8.97. The van der Waals surface area contributed by atoms with Gasteiger partial charge in [-0.05, 0) is 55.3 Å². The number of Topliss-reactive ketones (excluding diaryl/α,β-unsaturated/α-hetero) is 1. The summed E-state index contributed by atoms with van der Waals surface area (Å²) < 4.78 is 13.1. The number of fused-ring (bicyclic) bond motifs is 3. The van der Waals surface area contributed by atoms with E-state index >= 15 is 0 Å². The number of ketones is 1. The van der Waals surface area contributed by atoms with Crippen LogP contribution in [0.3, 0.4) is 0 Å². The standard InChI is InChI=1S/C24H28FN3O3/c1-26-21-5-2-4-18-19-14-27(12-3-6-22(29)16-7-9-17(25)10-8-16)13-11-20(19)28(23(18)21)15-24(26,30)31/h2,4-5,7-10,19-20,30-31H,3,6,11-15H2,1H3/t19-,20?/m0/s1. The summed E-state index contributed by atoms with van der Waals surface area (Å²) in [6.45, 7) is 2.84. The summed E-state index contributed by atoms with van der Waals surface area (Å²) in [7, 11) is 1.72. The van der Waals surface area contributed by atoms with Crippen molar-refractivity contribution in [1.29, 1.82) is 0 Å². The van der Waals surface area contributed by atoms with Crippen LogP contribution in [-0.2, 0) is 0 Å². The zero-order chi connectivity index (χ0) is 21.8. The number of benzene rings is 2. The van der Waals surface area contributed by atoms with Crippen LogP contribution in [0.2, 0.25) is 0 Å². The summed E-state index contributed by atoms with van der Waals surface area (Å²) >= 11 is 0. The van der Waals surface area contributed by atoms with Gasteiger partial charge in [-0.1, -0.05) is 12.1 Å². The molecule has 1 fully saturated rings. The highest BCUT2D eigenvalue weighted by molar-refractivity contribution is 5.95. The van der Waals surface area contributed by atoms with Crippen LogP contribution in [0, 0.1) is 5.82 Å². The molecular formula is C24H28FN3O3. The number of hydrogen-bond donors (Lipinski definition) is 2. The summed E-state index contributed by atoms with van der Waals surface area (Å²) in [6, 6.07) is 12.1. The van der Waals surface area contributed by atoms with Crippen LogP contribution in [0.1, 0.15) is 41.1 Å². The highest BCUT2D eigenvalue weighted by atomic mass is 19.1. The van der Waals surface area contributed by atoms with Crippen molar-refractivity contribution in [2.75, 3.05) is 43.0 Å². The van der Waals surface area contributed by atoms with Gasteiger partial charge in [-0.25, -0.2) is 4.39 Å². The number of nitrogens with zero attached hydrogens (tertiary/aromatic N) is 3. The molecule has 0 spiro atoms. The molecule has 0 aliphatic carbocycles. The van der Waals surface area contributed by atoms with Crippen LogP contribution in [-0.4, -0.2) is 66.1 Å². The fourth-order valence-electron chi connectivity index (χ4n) is 5.45. The smallest absolute Gasteiger partial charge is 0.265 e. The molecule has 6 nitrogen and oxygen atoms in total. The van der Waals surface area contributed by atoms with E-state index in [1.165, 1.54) is 17.7 Å². The molecule has 0 radical (unpaired) electrons. The number of aliphatic hydroxyl groups is 2. The molecule has 0 saturated carbocycles. The lowest BCUT2D eigenvalue weighted by atomic mass is 9.89. The summed E-state index contributed by atoms with van der Waals surface area (Å²) in [5.41, 5.74) is 3.83. The Kier molecular flexibility index (Phi) is 5.00. The number of anilines is 2. The van der Waals surface area contributed by atoms with E-state index in [1.807, 2.05) is 12.1 Å². The molecular weight excluding hydrogens is 397 g/mol. The molecule has 7 heteroatoms. The molecule has 2 N–H and O–H groups in total. The van der Waals surface area contributed by atoms with Crippen molar-refractivity contribution >= 4 is 17.2 Å². The third kappa shape index (κ3) is 3.50. The number of rotatable bonds is 5. The van der Waals surface area contributed by atoms with Crippen LogP contribution in [0.5, 0.6) is 0 Å². The molecule has 2 aromatic rings. The van der Waals surface area contributed by atoms with E-state index in [4.69, 9.17) is 0 Å². The first kappa shape index (κ1) is 20.4. The van der Waals surface area contributed by atoms with Gasteiger partial charge < -0.3 is 24.9 Å². The summed E-state index contributed by atoms with van der Waals surface area (Å²) in [5, 5.41) is 21.0. The van der Waals surface area contributed by atoms with Crippen molar-refractivity contribution in [3.05, 3.63) is 59.4 Å². The maximum atomic E-state index is 13.1. The Morgan fingerprint density at radius 2 is 1.97 bits per heavy atom. The Morgan fingerprint density at radius 1 is 1.19 bits per heavy atom. The average Bonchev–Trinajstić information content (AvgIpc) is 3.06. The van der Waals surface area contributed by atoms with Crippen LogP contribution in [0.4, 0.5) is 15.8 Å². The van der Waals surface area contributed by atoms with Gasteiger partial charge in [0.15, 0.2) is 5.78 Å². The molecule has 2 atom stereocenters. The molecule has 0 aromatic heterocycles. The average molecular weight is 426 g/mol. The SMILES string of the molecule is CN1c2cccc3c2N(CC1(O)O)C1CCN(CCCC(=O)c2ccc(F)cc2)C[C@@H]31. The number of likely N-dealkylation sites (N-methyl/N-ethyl adjacent to an activating group) is 1. The molecule has 1 saturated heterocycles. The van der Waals surface area contributed by atoms with Gasteiger partial charge in [-0.3, -0.25) is 4.79 Å². The fourth-order valence-corrected chi connectivity index (χ4v) is 5.45. The zero-order valence-corrected chi connectivity index (χ0v) is 17.7. The Hall–Kier alpha value is -2.48. The summed E-state index contributed by atoms with van der Waals surface area (Å²) in [6.07, 6.45) is 2.17. The van der Waals surface area contributed by atoms with Crippen molar-refractivity contribution in [3.8, 4) is 0 Å². The number of piperidine rings is 1. The van der Waals surface area contributed by atoms with Gasteiger partial charge in [-0.2, -0.15) is 0 Å². The van der Waals surface area contributed by atoms with Gasteiger partial charge in [0.25, 0.3) is 5.91 Å². The zero-order valence-electron chi connectivity index (χ0n) is 17.7. The molecule has 0 amide bonds. The van der Waals surface area contributed by atoms with Crippen LogP contribution >= 0.6 is 0 Å². The molecule has 31 heavy (non-hydrogen) atoms. The minimum absolute atomic E-state index is 0.0491. The minimum atomic E-state index is -1.88. The second kappa shape index (κ2) is 7.58. The summed E-state index contributed by atoms with van der Waals surface area (Å²) in [4.78, 5) is 18.5. The van der Waals surface area contributed by atoms with Gasteiger partial charge >= 0.3 is 0 Å². The van der Waals surface area contributed by atoms with Crippen molar-refractivity contribution in [3.63, 3.8) is 0 Å². The molecule has 5 rings (SSSR count). The minimum Gasteiger partial charge on any atom is -0.358 e. The molecule has 2 aromatic carbocycles. The Balaban J connectivity index is 1.25. The van der Waals surface area contributed by atoms with Crippen molar-refractivity contribution in [2.45, 2.75) is 37.1 Å². The number of carbonyl (C=O) groups is 1. The summed E-state index contributed by atoms with van der Waals surface area (Å²) in [5.74, 6) is -1.84. The largest absolute Gasteiger partial charge is 0.358 e. The normalized spacial score (nSPS) is 24.1. The topological polar surface area (TPSA) is 67.2 Å². The monoisotopic (exact) mass is 425 g/mol. The fraction of sp³-hybridized carbons (Fsp3) is 0.458. The lowest BCUT2D eigenvalue weighted by molar-refractivity contribution is -0.152. The van der Waals surface area contributed by atoms with Gasteiger partial charge in [0.1, 0.15) is 5.82 Å². The van der Waals surface area contributed by atoms with Crippen LogP contribution in [0.15, 0.2) is 42.5 Å². The predicted octanol–water partition coefficient (Wildman–Crippen LogP) is 2.55. The van der Waals surface area contributed by atoms with Crippen molar-refractivity contribution in [1.82, 2.24) is 4.90 Å². The Bertz CT molecular complexity index is 994.